The molecule has 2 aromatic heterocycles. The lowest BCUT2D eigenvalue weighted by molar-refractivity contribution is 0.104. The van der Waals surface area contributed by atoms with E-state index in [0.29, 0.717) is 33.4 Å². The number of ether oxygens (including phenoxy) is 3. The molecule has 0 saturated carbocycles. The maximum Gasteiger partial charge on any atom is 0.205 e. The van der Waals surface area contributed by atoms with Crippen LogP contribution in [0.4, 0.5) is 5.69 Å². The van der Waals surface area contributed by atoms with Gasteiger partial charge in [0, 0.05) is 16.6 Å². The quantitative estimate of drug-likeness (QED) is 0.704. The first-order valence-corrected chi connectivity index (χ1v) is 8.32. The zero-order valence-electron chi connectivity index (χ0n) is 14.4. The lowest BCUT2D eigenvalue weighted by Crippen LogP contribution is -2.04. The Hall–Kier alpha value is -2.80. The van der Waals surface area contributed by atoms with Gasteiger partial charge in [-0.15, -0.1) is 11.3 Å². The van der Waals surface area contributed by atoms with E-state index >= 15 is 0 Å². The van der Waals surface area contributed by atoms with E-state index in [1.54, 1.807) is 12.1 Å². The van der Waals surface area contributed by atoms with Gasteiger partial charge in [-0.2, -0.15) is 0 Å². The summed E-state index contributed by atoms with van der Waals surface area (Å²) in [6.45, 7) is 1.90. The normalized spacial score (nSPS) is 10.7. The zero-order chi connectivity index (χ0) is 18.1. The third-order valence-corrected chi connectivity index (χ3v) is 4.98. The van der Waals surface area contributed by atoms with E-state index in [9.17, 15) is 4.79 Å². The van der Waals surface area contributed by atoms with E-state index in [1.165, 1.54) is 32.7 Å². The molecule has 3 aromatic rings. The van der Waals surface area contributed by atoms with Gasteiger partial charge in [-0.3, -0.25) is 4.79 Å². The molecule has 0 saturated heterocycles. The molecule has 2 N–H and O–H groups in total. The Morgan fingerprint density at radius 2 is 1.72 bits per heavy atom. The Morgan fingerprint density at radius 1 is 1.08 bits per heavy atom. The Balaban J connectivity index is 2.14. The van der Waals surface area contributed by atoms with Gasteiger partial charge in [0.1, 0.15) is 9.71 Å². The molecule has 0 aliphatic carbocycles. The number of aryl methyl sites for hydroxylation is 1. The Kier molecular flexibility index (Phi) is 4.50. The van der Waals surface area contributed by atoms with E-state index in [4.69, 9.17) is 19.9 Å². The van der Waals surface area contributed by atoms with Crippen LogP contribution in [-0.4, -0.2) is 32.1 Å². The van der Waals surface area contributed by atoms with Crippen LogP contribution in [-0.2, 0) is 0 Å². The molecule has 130 valence electrons. The van der Waals surface area contributed by atoms with Gasteiger partial charge < -0.3 is 19.9 Å². The van der Waals surface area contributed by atoms with E-state index in [1.807, 2.05) is 19.1 Å². The number of nitrogens with two attached hydrogens (primary N) is 1. The molecular weight excluding hydrogens is 340 g/mol. The fourth-order valence-electron chi connectivity index (χ4n) is 2.60. The van der Waals surface area contributed by atoms with Gasteiger partial charge >= 0.3 is 0 Å². The highest BCUT2D eigenvalue weighted by Gasteiger charge is 2.22. The molecule has 7 heteroatoms. The standard InChI is InChI=1S/C18H18N2O4S/c1-9-5-6-11-14(19)17(25-18(11)20-9)15(21)10-7-12(22-2)16(24-4)13(8-10)23-3/h5-8H,19H2,1-4H3. The van der Waals surface area contributed by atoms with Crippen LogP contribution < -0.4 is 19.9 Å². The summed E-state index contributed by atoms with van der Waals surface area (Å²) < 4.78 is 15.9. The van der Waals surface area contributed by atoms with Crippen molar-refractivity contribution in [3.8, 4) is 17.2 Å². The van der Waals surface area contributed by atoms with Crippen LogP contribution in [0.1, 0.15) is 20.9 Å². The van der Waals surface area contributed by atoms with E-state index in [2.05, 4.69) is 4.98 Å². The van der Waals surface area contributed by atoms with Crippen LogP contribution in [0.5, 0.6) is 17.2 Å². The average molecular weight is 358 g/mol. The summed E-state index contributed by atoms with van der Waals surface area (Å²) in [5, 5.41) is 0.784. The van der Waals surface area contributed by atoms with E-state index in [-0.39, 0.29) is 5.78 Å². The van der Waals surface area contributed by atoms with E-state index < -0.39 is 0 Å². The predicted octanol–water partition coefficient (Wildman–Crippen LogP) is 3.44. The second-order valence-corrected chi connectivity index (χ2v) is 6.39. The van der Waals surface area contributed by atoms with Crippen molar-refractivity contribution in [3.63, 3.8) is 0 Å². The molecule has 2 heterocycles. The van der Waals surface area contributed by atoms with Crippen molar-refractivity contribution in [1.29, 1.82) is 0 Å². The Labute approximate surface area is 149 Å². The topological polar surface area (TPSA) is 83.7 Å². The number of ketones is 1. The molecule has 0 bridgehead atoms. The molecule has 6 nitrogen and oxygen atoms in total. The molecule has 0 radical (unpaired) electrons. The number of nitrogen functional groups attached to an aromatic ring is 1. The Morgan fingerprint density at radius 3 is 2.28 bits per heavy atom. The maximum absolute atomic E-state index is 13.0. The van der Waals surface area contributed by atoms with Crippen LogP contribution in [0.25, 0.3) is 10.2 Å². The van der Waals surface area contributed by atoms with Crippen molar-refractivity contribution in [2.45, 2.75) is 6.92 Å². The number of hydrogen-bond acceptors (Lipinski definition) is 7. The SMILES string of the molecule is COc1cc(C(=O)c2sc3nc(C)ccc3c2N)cc(OC)c1OC. The molecule has 0 unspecified atom stereocenters. The number of pyridine rings is 1. The number of aromatic nitrogens is 1. The van der Waals surface area contributed by atoms with Gasteiger partial charge in [0.15, 0.2) is 11.5 Å². The van der Waals surface area contributed by atoms with Gasteiger partial charge in [-0.1, -0.05) is 0 Å². The van der Waals surface area contributed by atoms with Crippen molar-refractivity contribution in [1.82, 2.24) is 4.98 Å². The summed E-state index contributed by atoms with van der Waals surface area (Å²) in [4.78, 5) is 18.6. The lowest BCUT2D eigenvalue weighted by atomic mass is 10.1. The number of benzene rings is 1. The van der Waals surface area contributed by atoms with Crippen molar-refractivity contribution >= 4 is 33.0 Å². The second kappa shape index (κ2) is 6.60. The molecule has 0 spiro atoms. The van der Waals surface area contributed by atoms with Gasteiger partial charge in [-0.25, -0.2) is 4.98 Å². The number of carbonyl (C=O) groups excluding carboxylic acids is 1. The third kappa shape index (κ3) is 2.87. The molecule has 0 amide bonds. The zero-order valence-corrected chi connectivity index (χ0v) is 15.2. The number of anilines is 1. The minimum absolute atomic E-state index is 0.211. The molecule has 1 aromatic carbocycles. The number of hydrogen-bond donors (Lipinski definition) is 1. The molecular formula is C18H18N2O4S. The summed E-state index contributed by atoms with van der Waals surface area (Å²) in [6, 6.07) is 6.99. The van der Waals surface area contributed by atoms with Crippen molar-refractivity contribution in [2.24, 2.45) is 0 Å². The van der Waals surface area contributed by atoms with Crippen LogP contribution in [0.2, 0.25) is 0 Å². The molecule has 3 rings (SSSR count). The van der Waals surface area contributed by atoms with Crippen LogP contribution in [0, 0.1) is 6.92 Å². The predicted molar refractivity (Wildman–Crippen MR) is 98.3 cm³/mol. The first kappa shape index (κ1) is 17.0. The van der Waals surface area contributed by atoms with Crippen molar-refractivity contribution < 1.29 is 19.0 Å². The summed E-state index contributed by atoms with van der Waals surface area (Å²) in [6.07, 6.45) is 0. The molecule has 25 heavy (non-hydrogen) atoms. The lowest BCUT2D eigenvalue weighted by Gasteiger charge is -2.13. The first-order chi connectivity index (χ1) is 12.0. The van der Waals surface area contributed by atoms with Gasteiger partial charge in [0.05, 0.1) is 27.0 Å². The van der Waals surface area contributed by atoms with Gasteiger partial charge in [0.25, 0.3) is 0 Å². The Bertz CT molecular complexity index is 940. The smallest absolute Gasteiger partial charge is 0.205 e. The molecule has 0 fully saturated rings. The summed E-state index contributed by atoms with van der Waals surface area (Å²) in [7, 11) is 4.53. The van der Waals surface area contributed by atoms with Gasteiger partial charge in [-0.05, 0) is 31.2 Å². The highest BCUT2D eigenvalue weighted by Crippen LogP contribution is 2.40. The molecule has 0 aliphatic heterocycles. The summed E-state index contributed by atoms with van der Waals surface area (Å²) in [5.74, 6) is 1.05. The summed E-state index contributed by atoms with van der Waals surface area (Å²) >= 11 is 1.28. The number of fused-ring (bicyclic) bond motifs is 1. The number of thiophene rings is 1. The van der Waals surface area contributed by atoms with Crippen molar-refractivity contribution in [3.05, 3.63) is 40.4 Å². The molecule has 0 atom stereocenters. The maximum atomic E-state index is 13.0. The first-order valence-electron chi connectivity index (χ1n) is 7.50. The highest BCUT2D eigenvalue weighted by molar-refractivity contribution is 7.21. The number of nitrogens with zero attached hydrogens (tertiary/aromatic N) is 1. The number of methoxy groups -OCH3 is 3. The summed E-state index contributed by atoms with van der Waals surface area (Å²) in [5.41, 5.74) is 7.91. The minimum atomic E-state index is -0.211. The number of carbonyl (C=O) groups is 1. The third-order valence-electron chi connectivity index (χ3n) is 3.87. The average Bonchev–Trinajstić information content (AvgIpc) is 2.95. The van der Waals surface area contributed by atoms with Crippen LogP contribution >= 0.6 is 11.3 Å². The fourth-order valence-corrected chi connectivity index (χ4v) is 3.70. The van der Waals surface area contributed by atoms with Crippen molar-refractivity contribution in [2.75, 3.05) is 27.1 Å². The monoisotopic (exact) mass is 358 g/mol. The minimum Gasteiger partial charge on any atom is -0.493 e. The molecule has 0 aliphatic rings. The second-order valence-electron chi connectivity index (χ2n) is 5.39. The largest absolute Gasteiger partial charge is 0.493 e. The van der Waals surface area contributed by atoms with Crippen LogP contribution in [0.15, 0.2) is 24.3 Å². The highest BCUT2D eigenvalue weighted by atomic mass is 32.1. The number of rotatable bonds is 5. The van der Waals surface area contributed by atoms with Gasteiger partial charge in [0.2, 0.25) is 11.5 Å². The van der Waals surface area contributed by atoms with E-state index in [0.717, 1.165) is 15.9 Å². The van der Waals surface area contributed by atoms with Crippen LogP contribution in [0.3, 0.4) is 0 Å². The fraction of sp³-hybridized carbons (Fsp3) is 0.222.